The van der Waals surface area contributed by atoms with Crippen LogP contribution in [0.1, 0.15) is 15.9 Å². The average Bonchev–Trinajstić information content (AvgIpc) is 2.50. The van der Waals surface area contributed by atoms with Crippen LogP contribution in [0.5, 0.6) is 0 Å². The Hall–Kier alpha value is -2.05. The van der Waals surface area contributed by atoms with E-state index < -0.39 is 10.0 Å². The molecule has 0 atom stereocenters. The average molecular weight is 367 g/mol. The first-order valence-corrected chi connectivity index (χ1v) is 9.59. The fourth-order valence-electron chi connectivity index (χ4n) is 2.28. The lowest BCUT2D eigenvalue weighted by Crippen LogP contribution is -2.38. The third kappa shape index (κ3) is 4.72. The minimum Gasteiger partial charge on any atom is -0.350 e. The van der Waals surface area contributed by atoms with E-state index in [4.69, 9.17) is 11.6 Å². The molecule has 1 N–H and O–H groups in total. The first kappa shape index (κ1) is 18.3. The van der Waals surface area contributed by atoms with Gasteiger partial charge in [-0.25, -0.2) is 8.42 Å². The minimum absolute atomic E-state index is 0.137. The van der Waals surface area contributed by atoms with Crippen molar-refractivity contribution in [3.8, 4) is 0 Å². The number of hydrogen-bond acceptors (Lipinski definition) is 3. The minimum atomic E-state index is -3.45. The Labute approximate surface area is 147 Å². The summed E-state index contributed by atoms with van der Waals surface area (Å²) in [5.74, 6) is -0.335. The predicted octanol–water partition coefficient (Wildman–Crippen LogP) is 2.84. The van der Waals surface area contributed by atoms with Crippen LogP contribution in [0.2, 0.25) is 5.02 Å². The van der Waals surface area contributed by atoms with Gasteiger partial charge in [0.1, 0.15) is 0 Å². The van der Waals surface area contributed by atoms with Gasteiger partial charge in [0.15, 0.2) is 0 Å². The van der Waals surface area contributed by atoms with Crippen LogP contribution >= 0.6 is 11.6 Å². The Morgan fingerprint density at radius 2 is 1.88 bits per heavy atom. The maximum absolute atomic E-state index is 12.1. The van der Waals surface area contributed by atoms with E-state index in [-0.39, 0.29) is 19.0 Å². The number of nitrogens with zero attached hydrogens (tertiary/aromatic N) is 1. The summed E-state index contributed by atoms with van der Waals surface area (Å²) in [5.41, 5.74) is 1.89. The van der Waals surface area contributed by atoms with Gasteiger partial charge < -0.3 is 5.32 Å². The van der Waals surface area contributed by atoms with Gasteiger partial charge in [-0.3, -0.25) is 9.10 Å². The van der Waals surface area contributed by atoms with Gasteiger partial charge in [0.2, 0.25) is 10.0 Å². The number of nitrogens with one attached hydrogen (secondary N) is 1. The molecular formula is C17H19ClN2O3S. The van der Waals surface area contributed by atoms with Crippen molar-refractivity contribution in [2.24, 2.45) is 0 Å². The molecular weight excluding hydrogens is 348 g/mol. The van der Waals surface area contributed by atoms with Crippen molar-refractivity contribution < 1.29 is 13.2 Å². The van der Waals surface area contributed by atoms with Gasteiger partial charge in [0, 0.05) is 6.54 Å². The monoisotopic (exact) mass is 366 g/mol. The molecule has 24 heavy (non-hydrogen) atoms. The Morgan fingerprint density at radius 1 is 1.17 bits per heavy atom. The molecule has 128 valence electrons. The largest absolute Gasteiger partial charge is 0.350 e. The smallest absolute Gasteiger partial charge is 0.252 e. The molecule has 2 aromatic rings. The molecule has 0 heterocycles. The quantitative estimate of drug-likeness (QED) is 0.854. The Kier molecular flexibility index (Phi) is 5.85. The lowest BCUT2D eigenvalue weighted by Gasteiger charge is -2.23. The second-order valence-corrected chi connectivity index (χ2v) is 7.72. The predicted molar refractivity (Wildman–Crippen MR) is 97.2 cm³/mol. The van der Waals surface area contributed by atoms with Crippen molar-refractivity contribution in [1.82, 2.24) is 5.32 Å². The van der Waals surface area contributed by atoms with E-state index in [1.165, 1.54) is 4.31 Å². The van der Waals surface area contributed by atoms with Gasteiger partial charge in [-0.15, -0.1) is 0 Å². The van der Waals surface area contributed by atoms with Gasteiger partial charge >= 0.3 is 0 Å². The molecule has 0 saturated heterocycles. The highest BCUT2D eigenvalue weighted by Crippen LogP contribution is 2.18. The highest BCUT2D eigenvalue weighted by molar-refractivity contribution is 7.92. The van der Waals surface area contributed by atoms with Crippen LogP contribution in [0.3, 0.4) is 0 Å². The zero-order chi connectivity index (χ0) is 17.7. The van der Waals surface area contributed by atoms with Crippen LogP contribution in [0, 0.1) is 6.92 Å². The zero-order valence-corrected chi connectivity index (χ0v) is 15.1. The van der Waals surface area contributed by atoms with Crippen molar-refractivity contribution in [3.05, 3.63) is 64.7 Å². The molecule has 2 aromatic carbocycles. The summed E-state index contributed by atoms with van der Waals surface area (Å²) in [6.45, 7) is 2.20. The highest BCUT2D eigenvalue weighted by Gasteiger charge is 2.18. The molecule has 0 aliphatic heterocycles. The summed E-state index contributed by atoms with van der Waals surface area (Å²) in [5, 5.41) is 3.05. The lowest BCUT2D eigenvalue weighted by atomic mass is 10.2. The summed E-state index contributed by atoms with van der Waals surface area (Å²) in [7, 11) is -3.45. The second kappa shape index (κ2) is 7.68. The molecule has 0 aliphatic carbocycles. The molecule has 5 nitrogen and oxygen atoms in total. The highest BCUT2D eigenvalue weighted by atomic mass is 35.5. The Bertz CT molecular complexity index is 837. The van der Waals surface area contributed by atoms with Crippen LogP contribution in [0.15, 0.2) is 48.5 Å². The van der Waals surface area contributed by atoms with Crippen LogP contribution in [-0.4, -0.2) is 33.7 Å². The number of carbonyl (C=O) groups is 1. The number of rotatable bonds is 6. The van der Waals surface area contributed by atoms with Gasteiger partial charge in [0.05, 0.1) is 29.1 Å². The molecule has 1 amide bonds. The van der Waals surface area contributed by atoms with E-state index in [1.54, 1.807) is 42.5 Å². The third-order valence-corrected chi connectivity index (χ3v) is 4.93. The number of amides is 1. The number of hydrogen-bond donors (Lipinski definition) is 1. The second-order valence-electron chi connectivity index (χ2n) is 5.41. The summed E-state index contributed by atoms with van der Waals surface area (Å²) in [4.78, 5) is 12.1. The standard InChI is InChI=1S/C17H19ClN2O3S/c1-13-6-5-7-14(12-13)20(24(2,22)23)11-10-19-17(21)15-8-3-4-9-16(15)18/h3-9,12H,10-11H2,1-2H3,(H,19,21). The molecule has 0 fully saturated rings. The fraction of sp³-hybridized carbons (Fsp3) is 0.235. The molecule has 2 rings (SSSR count). The van der Waals surface area contributed by atoms with Crippen molar-refractivity contribution in [2.45, 2.75) is 6.92 Å². The van der Waals surface area contributed by atoms with E-state index >= 15 is 0 Å². The van der Waals surface area contributed by atoms with E-state index in [9.17, 15) is 13.2 Å². The van der Waals surface area contributed by atoms with Crippen molar-refractivity contribution in [3.63, 3.8) is 0 Å². The number of aryl methyl sites for hydroxylation is 1. The van der Waals surface area contributed by atoms with E-state index in [2.05, 4.69) is 5.32 Å². The molecule has 0 aliphatic rings. The van der Waals surface area contributed by atoms with Crippen LogP contribution in [0.25, 0.3) is 0 Å². The normalized spacial score (nSPS) is 11.1. The van der Waals surface area contributed by atoms with E-state index in [0.29, 0.717) is 16.3 Å². The molecule has 0 aromatic heterocycles. The van der Waals surface area contributed by atoms with Crippen molar-refractivity contribution >= 4 is 33.2 Å². The van der Waals surface area contributed by atoms with Gasteiger partial charge in [-0.2, -0.15) is 0 Å². The van der Waals surface area contributed by atoms with E-state index in [1.807, 2.05) is 13.0 Å². The van der Waals surface area contributed by atoms with Crippen LogP contribution in [-0.2, 0) is 10.0 Å². The molecule has 0 bridgehead atoms. The lowest BCUT2D eigenvalue weighted by molar-refractivity contribution is 0.0955. The topological polar surface area (TPSA) is 66.5 Å². The molecule has 0 unspecified atom stereocenters. The maximum Gasteiger partial charge on any atom is 0.252 e. The molecule has 0 radical (unpaired) electrons. The summed E-state index contributed by atoms with van der Waals surface area (Å²) < 4.78 is 25.3. The summed E-state index contributed by atoms with van der Waals surface area (Å²) >= 11 is 5.98. The number of anilines is 1. The van der Waals surface area contributed by atoms with Crippen molar-refractivity contribution in [1.29, 1.82) is 0 Å². The number of sulfonamides is 1. The molecule has 0 spiro atoms. The van der Waals surface area contributed by atoms with E-state index in [0.717, 1.165) is 11.8 Å². The van der Waals surface area contributed by atoms with Gasteiger partial charge in [-0.1, -0.05) is 35.9 Å². The van der Waals surface area contributed by atoms with Gasteiger partial charge in [0.25, 0.3) is 5.91 Å². The number of benzene rings is 2. The Morgan fingerprint density at radius 3 is 2.50 bits per heavy atom. The summed E-state index contributed by atoms with van der Waals surface area (Å²) in [6, 6.07) is 13.9. The number of halogens is 1. The SMILES string of the molecule is Cc1cccc(N(CCNC(=O)c2ccccc2Cl)S(C)(=O)=O)c1. The molecule has 0 saturated carbocycles. The fourth-order valence-corrected chi connectivity index (χ4v) is 3.42. The number of carbonyl (C=O) groups excluding carboxylic acids is 1. The summed E-state index contributed by atoms with van der Waals surface area (Å²) in [6.07, 6.45) is 1.14. The first-order chi connectivity index (χ1) is 11.3. The van der Waals surface area contributed by atoms with Crippen LogP contribution in [0.4, 0.5) is 5.69 Å². The maximum atomic E-state index is 12.1. The third-order valence-electron chi connectivity index (χ3n) is 3.41. The van der Waals surface area contributed by atoms with Crippen molar-refractivity contribution in [2.75, 3.05) is 23.7 Å². The van der Waals surface area contributed by atoms with Gasteiger partial charge in [-0.05, 0) is 36.8 Å². The zero-order valence-electron chi connectivity index (χ0n) is 13.5. The molecule has 7 heteroatoms. The Balaban J connectivity index is 2.07. The first-order valence-electron chi connectivity index (χ1n) is 7.36. The van der Waals surface area contributed by atoms with Crippen LogP contribution < -0.4 is 9.62 Å².